The van der Waals surface area contributed by atoms with Crippen molar-refractivity contribution in [1.82, 2.24) is 2.78 Å². The molecule has 2 heterocycles. The van der Waals surface area contributed by atoms with Crippen molar-refractivity contribution in [2.75, 3.05) is 0 Å². The molecule has 5 aromatic rings. The number of aromatic nitrogens is 1. The van der Waals surface area contributed by atoms with Crippen LogP contribution in [0, 0.1) is 6.92 Å². The van der Waals surface area contributed by atoms with Gasteiger partial charge in [-0.05, 0) is 37.3 Å². The number of hydrogen-bond acceptors (Lipinski definition) is 1. The van der Waals surface area contributed by atoms with Crippen LogP contribution in [0.5, 0.6) is 0 Å². The summed E-state index contributed by atoms with van der Waals surface area (Å²) in [6.45, 7) is 2.14. The molecule has 0 aliphatic carbocycles. The second kappa shape index (κ2) is 4.26. The van der Waals surface area contributed by atoms with Gasteiger partial charge >= 0.3 is 0 Å². The molecular formula is C19H12INO. The molecule has 22 heavy (non-hydrogen) atoms. The Bertz CT molecular complexity index is 1200. The highest BCUT2D eigenvalue weighted by atomic mass is 127. The summed E-state index contributed by atoms with van der Waals surface area (Å²) in [6, 6.07) is 19.2. The number of nitrogens with zero attached hydrogens (tertiary/aromatic N) is 1. The van der Waals surface area contributed by atoms with Crippen LogP contribution in [0.3, 0.4) is 0 Å². The van der Waals surface area contributed by atoms with Crippen LogP contribution in [0.2, 0.25) is 0 Å². The van der Waals surface area contributed by atoms with Crippen LogP contribution in [0.15, 0.2) is 59.0 Å². The summed E-state index contributed by atoms with van der Waals surface area (Å²) in [5, 5.41) is 4.99. The van der Waals surface area contributed by atoms with Crippen molar-refractivity contribution in [2.45, 2.75) is 6.92 Å². The summed E-state index contributed by atoms with van der Waals surface area (Å²) in [5.41, 5.74) is 5.67. The van der Waals surface area contributed by atoms with Crippen molar-refractivity contribution in [3.05, 3.63) is 60.2 Å². The maximum Gasteiger partial charge on any atom is 0.136 e. The predicted molar refractivity (Wildman–Crippen MR) is 101 cm³/mol. The fourth-order valence-electron chi connectivity index (χ4n) is 3.39. The largest absolute Gasteiger partial charge is 0.456 e. The van der Waals surface area contributed by atoms with E-state index < -0.39 is 0 Å². The third-order valence-corrected chi connectivity index (χ3v) is 5.41. The van der Waals surface area contributed by atoms with E-state index in [-0.39, 0.29) is 0 Å². The van der Waals surface area contributed by atoms with Crippen LogP contribution in [0.1, 0.15) is 5.56 Å². The quantitative estimate of drug-likeness (QED) is 0.285. The molecule has 3 aromatic carbocycles. The first-order valence-electron chi connectivity index (χ1n) is 7.25. The number of benzene rings is 3. The Morgan fingerprint density at radius 1 is 0.818 bits per heavy atom. The standard InChI is InChI=1S/C19H12INO/c1-11-6-7-14-13(10-11)18-15(21(14)20)8-9-17-19(18)12-4-2-3-5-16(12)22-17/h2-10H,1H3. The molecule has 0 aliphatic heterocycles. The molecule has 0 aliphatic rings. The fraction of sp³-hybridized carbons (Fsp3) is 0.0526. The molecule has 0 atom stereocenters. The van der Waals surface area contributed by atoms with Gasteiger partial charge in [0.15, 0.2) is 0 Å². The van der Waals surface area contributed by atoms with Gasteiger partial charge in [-0.1, -0.05) is 29.8 Å². The van der Waals surface area contributed by atoms with Crippen LogP contribution in [0.25, 0.3) is 43.7 Å². The lowest BCUT2D eigenvalue weighted by molar-refractivity contribution is 0.669. The van der Waals surface area contributed by atoms with Crippen molar-refractivity contribution < 1.29 is 4.42 Å². The Balaban J connectivity index is 2.18. The minimum absolute atomic E-state index is 0.951. The predicted octanol–water partition coefficient (Wildman–Crippen LogP) is 6.20. The van der Waals surface area contributed by atoms with E-state index >= 15 is 0 Å². The van der Waals surface area contributed by atoms with Crippen LogP contribution in [-0.4, -0.2) is 2.78 Å². The van der Waals surface area contributed by atoms with E-state index in [4.69, 9.17) is 4.42 Å². The highest BCUT2D eigenvalue weighted by Crippen LogP contribution is 2.40. The molecule has 2 aromatic heterocycles. The molecule has 0 spiro atoms. The van der Waals surface area contributed by atoms with E-state index in [2.05, 4.69) is 75.0 Å². The lowest BCUT2D eigenvalue weighted by atomic mass is 10.0. The van der Waals surface area contributed by atoms with Crippen molar-refractivity contribution in [1.29, 1.82) is 0 Å². The van der Waals surface area contributed by atoms with Crippen molar-refractivity contribution in [3.63, 3.8) is 0 Å². The number of fused-ring (bicyclic) bond motifs is 7. The number of rotatable bonds is 0. The molecule has 0 N–H and O–H groups in total. The van der Waals surface area contributed by atoms with Gasteiger partial charge in [0.1, 0.15) is 11.2 Å². The Kier molecular flexibility index (Phi) is 2.42. The molecule has 106 valence electrons. The third-order valence-electron chi connectivity index (χ3n) is 4.37. The van der Waals surface area contributed by atoms with Gasteiger partial charge < -0.3 is 4.42 Å². The monoisotopic (exact) mass is 397 g/mol. The first kappa shape index (κ1) is 12.5. The number of hydrogen-bond donors (Lipinski definition) is 0. The van der Waals surface area contributed by atoms with Gasteiger partial charge in [0.2, 0.25) is 0 Å². The summed E-state index contributed by atoms with van der Waals surface area (Å²) >= 11 is 2.38. The van der Waals surface area contributed by atoms with Crippen LogP contribution >= 0.6 is 22.9 Å². The second-order valence-electron chi connectivity index (χ2n) is 5.73. The average molecular weight is 397 g/mol. The SMILES string of the molecule is Cc1ccc2c(c1)c1c3c(ccc1n2I)oc1ccccc13. The van der Waals surface area contributed by atoms with Crippen molar-refractivity contribution >= 4 is 66.6 Å². The Hall–Kier alpha value is -2.01. The molecule has 0 fully saturated rings. The lowest BCUT2D eigenvalue weighted by Gasteiger charge is -1.96. The molecular weight excluding hydrogens is 385 g/mol. The molecule has 0 saturated carbocycles. The van der Waals surface area contributed by atoms with E-state index in [0.29, 0.717) is 0 Å². The van der Waals surface area contributed by atoms with Gasteiger partial charge in [-0.3, -0.25) is 2.78 Å². The summed E-state index contributed by atoms with van der Waals surface area (Å²) in [7, 11) is 0. The van der Waals surface area contributed by atoms with Crippen LogP contribution in [0.4, 0.5) is 0 Å². The van der Waals surface area contributed by atoms with E-state index in [9.17, 15) is 0 Å². The van der Waals surface area contributed by atoms with E-state index in [1.54, 1.807) is 0 Å². The number of aryl methyl sites for hydroxylation is 1. The Labute approximate surface area is 140 Å². The van der Waals surface area contributed by atoms with E-state index in [0.717, 1.165) is 11.2 Å². The zero-order valence-corrected chi connectivity index (χ0v) is 14.1. The van der Waals surface area contributed by atoms with Gasteiger partial charge in [-0.15, -0.1) is 0 Å². The lowest BCUT2D eigenvalue weighted by Crippen LogP contribution is -1.77. The first-order valence-corrected chi connectivity index (χ1v) is 8.22. The van der Waals surface area contributed by atoms with Gasteiger partial charge in [0.05, 0.1) is 33.9 Å². The van der Waals surface area contributed by atoms with Gasteiger partial charge in [0.25, 0.3) is 0 Å². The minimum Gasteiger partial charge on any atom is -0.456 e. The smallest absolute Gasteiger partial charge is 0.136 e. The zero-order chi connectivity index (χ0) is 14.8. The highest BCUT2D eigenvalue weighted by molar-refractivity contribution is 14.1. The van der Waals surface area contributed by atoms with Crippen LogP contribution in [-0.2, 0) is 0 Å². The molecule has 5 rings (SSSR count). The fourth-order valence-corrected chi connectivity index (χ4v) is 4.22. The molecule has 0 saturated heterocycles. The number of para-hydroxylation sites is 1. The minimum atomic E-state index is 0.951. The molecule has 0 bridgehead atoms. The van der Waals surface area contributed by atoms with Gasteiger partial charge in [-0.2, -0.15) is 0 Å². The van der Waals surface area contributed by atoms with E-state index in [1.165, 1.54) is 38.1 Å². The normalized spacial score (nSPS) is 12.1. The Morgan fingerprint density at radius 2 is 1.64 bits per heavy atom. The molecule has 0 amide bonds. The van der Waals surface area contributed by atoms with Gasteiger partial charge in [-0.25, -0.2) is 0 Å². The van der Waals surface area contributed by atoms with E-state index in [1.807, 2.05) is 12.1 Å². The topological polar surface area (TPSA) is 18.1 Å². The number of furan rings is 1. The molecule has 0 unspecified atom stereocenters. The van der Waals surface area contributed by atoms with Crippen molar-refractivity contribution in [2.24, 2.45) is 0 Å². The summed E-state index contributed by atoms with van der Waals surface area (Å²) < 4.78 is 8.28. The Morgan fingerprint density at radius 3 is 2.55 bits per heavy atom. The third kappa shape index (κ3) is 1.49. The van der Waals surface area contributed by atoms with Crippen molar-refractivity contribution in [3.8, 4) is 0 Å². The van der Waals surface area contributed by atoms with Gasteiger partial charge in [0, 0.05) is 21.5 Å². The first-order chi connectivity index (χ1) is 10.7. The highest BCUT2D eigenvalue weighted by Gasteiger charge is 2.16. The van der Waals surface area contributed by atoms with Crippen LogP contribution < -0.4 is 0 Å². The number of halogens is 1. The molecule has 0 radical (unpaired) electrons. The molecule has 2 nitrogen and oxygen atoms in total. The zero-order valence-electron chi connectivity index (χ0n) is 11.9. The second-order valence-corrected chi connectivity index (χ2v) is 6.70. The maximum atomic E-state index is 6.04. The summed E-state index contributed by atoms with van der Waals surface area (Å²) in [5.74, 6) is 0. The summed E-state index contributed by atoms with van der Waals surface area (Å²) in [6.07, 6.45) is 0. The average Bonchev–Trinajstić information content (AvgIpc) is 3.03. The summed E-state index contributed by atoms with van der Waals surface area (Å²) in [4.78, 5) is 0. The maximum absolute atomic E-state index is 6.04. The molecule has 3 heteroatoms.